The van der Waals surface area contributed by atoms with Gasteiger partial charge in [0.1, 0.15) is 0 Å². The molecule has 1 aliphatic heterocycles. The quantitative estimate of drug-likeness (QED) is 0.838. The van der Waals surface area contributed by atoms with Gasteiger partial charge in [-0.05, 0) is 56.5 Å². The minimum absolute atomic E-state index is 0.00668. The maximum atomic E-state index is 12.6. The monoisotopic (exact) mass is 256 g/mol. The van der Waals surface area contributed by atoms with Gasteiger partial charge in [-0.25, -0.2) is 0 Å². The van der Waals surface area contributed by atoms with E-state index in [4.69, 9.17) is 0 Å². The first-order valence-corrected chi connectivity index (χ1v) is 6.92. The van der Waals surface area contributed by atoms with Gasteiger partial charge in [0.15, 0.2) is 5.78 Å². The molecule has 0 saturated carbocycles. The highest BCUT2D eigenvalue weighted by atomic mass is 16.1. The van der Waals surface area contributed by atoms with E-state index in [1.165, 1.54) is 11.1 Å². The molecule has 3 heteroatoms. The van der Waals surface area contributed by atoms with Crippen molar-refractivity contribution in [2.24, 2.45) is 7.05 Å². The van der Waals surface area contributed by atoms with Crippen molar-refractivity contribution in [3.8, 4) is 0 Å². The van der Waals surface area contributed by atoms with Crippen LogP contribution >= 0.6 is 0 Å². The normalized spacial score (nSPS) is 19.2. The molecule has 1 aromatic carbocycles. The van der Waals surface area contributed by atoms with Crippen LogP contribution in [0.1, 0.15) is 34.3 Å². The fourth-order valence-corrected chi connectivity index (χ4v) is 2.93. The second-order valence-corrected chi connectivity index (χ2v) is 5.62. The molecule has 0 aliphatic carbocycles. The van der Waals surface area contributed by atoms with Crippen LogP contribution in [-0.4, -0.2) is 22.9 Å². The Balaban J connectivity index is 2.13. The zero-order chi connectivity index (χ0) is 13.6. The molecule has 0 amide bonds. The second kappa shape index (κ2) is 4.49. The Bertz CT molecular complexity index is 648. The van der Waals surface area contributed by atoms with E-state index < -0.39 is 0 Å². The van der Waals surface area contributed by atoms with Crippen molar-refractivity contribution in [3.05, 3.63) is 35.0 Å². The van der Waals surface area contributed by atoms with E-state index in [-0.39, 0.29) is 11.8 Å². The largest absolute Gasteiger partial charge is 0.350 e. The Morgan fingerprint density at radius 3 is 2.74 bits per heavy atom. The molecule has 1 aromatic heterocycles. The molecule has 1 atom stereocenters. The van der Waals surface area contributed by atoms with Crippen LogP contribution in [0.25, 0.3) is 10.9 Å². The summed E-state index contributed by atoms with van der Waals surface area (Å²) in [5.41, 5.74) is 4.52. The van der Waals surface area contributed by atoms with E-state index in [2.05, 4.69) is 35.9 Å². The van der Waals surface area contributed by atoms with Crippen molar-refractivity contribution >= 4 is 16.7 Å². The van der Waals surface area contributed by atoms with E-state index in [0.717, 1.165) is 35.9 Å². The van der Waals surface area contributed by atoms with Gasteiger partial charge in [-0.2, -0.15) is 0 Å². The van der Waals surface area contributed by atoms with Gasteiger partial charge in [-0.15, -0.1) is 0 Å². The molecule has 1 N–H and O–H groups in total. The lowest BCUT2D eigenvalue weighted by molar-refractivity contribution is 0.0954. The molecule has 0 radical (unpaired) electrons. The van der Waals surface area contributed by atoms with Gasteiger partial charge in [-0.1, -0.05) is 0 Å². The Labute approximate surface area is 113 Å². The lowest BCUT2D eigenvalue weighted by atomic mass is 9.99. The molecule has 19 heavy (non-hydrogen) atoms. The number of carbonyl (C=O) groups is 1. The molecule has 0 spiro atoms. The van der Waals surface area contributed by atoms with Crippen molar-refractivity contribution in [1.82, 2.24) is 9.88 Å². The molecule has 0 bridgehead atoms. The van der Waals surface area contributed by atoms with Gasteiger partial charge >= 0.3 is 0 Å². The first kappa shape index (κ1) is 12.4. The van der Waals surface area contributed by atoms with E-state index in [1.54, 1.807) is 0 Å². The second-order valence-electron chi connectivity index (χ2n) is 5.62. The summed E-state index contributed by atoms with van der Waals surface area (Å²) in [6, 6.07) is 4.32. The van der Waals surface area contributed by atoms with E-state index in [1.807, 2.05) is 13.2 Å². The van der Waals surface area contributed by atoms with Crippen LogP contribution in [0.3, 0.4) is 0 Å². The standard InChI is InChI=1S/C16H20N2O/c1-10-7-12-13(16(19)14-5-4-6-17-14)9-18(3)15(12)8-11(10)2/h7-9,14,17H,4-6H2,1-3H3/t14-/m0/s1. The van der Waals surface area contributed by atoms with Gasteiger partial charge in [0, 0.05) is 29.7 Å². The third-order valence-corrected chi connectivity index (χ3v) is 4.25. The van der Waals surface area contributed by atoms with Crippen molar-refractivity contribution in [1.29, 1.82) is 0 Å². The highest BCUT2D eigenvalue weighted by Crippen LogP contribution is 2.26. The maximum Gasteiger partial charge on any atom is 0.181 e. The molecule has 3 rings (SSSR count). The number of hydrogen-bond donors (Lipinski definition) is 1. The number of rotatable bonds is 2. The fraction of sp³-hybridized carbons (Fsp3) is 0.438. The minimum atomic E-state index is 0.00668. The van der Waals surface area contributed by atoms with Crippen molar-refractivity contribution in [3.63, 3.8) is 0 Å². The number of hydrogen-bond acceptors (Lipinski definition) is 2. The number of nitrogens with one attached hydrogen (secondary N) is 1. The predicted molar refractivity (Wildman–Crippen MR) is 77.7 cm³/mol. The summed E-state index contributed by atoms with van der Waals surface area (Å²) >= 11 is 0. The molecule has 2 heterocycles. The summed E-state index contributed by atoms with van der Waals surface area (Å²) in [5, 5.41) is 4.38. The average Bonchev–Trinajstić information content (AvgIpc) is 3.00. The summed E-state index contributed by atoms with van der Waals surface area (Å²) in [6.45, 7) is 5.17. The Kier molecular flexibility index (Phi) is 2.94. The Hall–Kier alpha value is -1.61. The van der Waals surface area contributed by atoms with Crippen molar-refractivity contribution in [2.75, 3.05) is 6.54 Å². The number of benzene rings is 1. The van der Waals surface area contributed by atoms with Crippen LogP contribution in [-0.2, 0) is 7.05 Å². The summed E-state index contributed by atoms with van der Waals surface area (Å²) in [4.78, 5) is 12.6. The lowest BCUT2D eigenvalue weighted by Gasteiger charge is -2.08. The van der Waals surface area contributed by atoms with Gasteiger partial charge in [0.25, 0.3) is 0 Å². The summed E-state index contributed by atoms with van der Waals surface area (Å²) in [5.74, 6) is 0.242. The number of carbonyl (C=O) groups excluding carboxylic acids is 1. The van der Waals surface area contributed by atoms with Crippen LogP contribution < -0.4 is 5.32 Å². The molecule has 0 unspecified atom stereocenters. The molecule has 3 nitrogen and oxygen atoms in total. The van der Waals surface area contributed by atoms with Crippen molar-refractivity contribution < 1.29 is 4.79 Å². The smallest absolute Gasteiger partial charge is 0.181 e. The molecule has 2 aromatic rings. The minimum Gasteiger partial charge on any atom is -0.350 e. The number of aryl methyl sites for hydroxylation is 3. The fourth-order valence-electron chi connectivity index (χ4n) is 2.93. The van der Waals surface area contributed by atoms with Gasteiger partial charge in [0.05, 0.1) is 6.04 Å². The Morgan fingerprint density at radius 2 is 2.05 bits per heavy atom. The number of fused-ring (bicyclic) bond motifs is 1. The van der Waals surface area contributed by atoms with E-state index in [0.29, 0.717) is 0 Å². The third kappa shape index (κ3) is 1.98. The third-order valence-electron chi connectivity index (χ3n) is 4.25. The van der Waals surface area contributed by atoms with Gasteiger partial charge < -0.3 is 9.88 Å². The molecule has 1 saturated heterocycles. The number of aromatic nitrogens is 1. The van der Waals surface area contributed by atoms with E-state index >= 15 is 0 Å². The SMILES string of the molecule is Cc1cc2c(C(=O)[C@@H]3CCCN3)cn(C)c2cc1C. The number of ketones is 1. The summed E-state index contributed by atoms with van der Waals surface area (Å²) < 4.78 is 2.06. The van der Waals surface area contributed by atoms with Crippen LogP contribution in [0.4, 0.5) is 0 Å². The van der Waals surface area contributed by atoms with Gasteiger partial charge in [0.2, 0.25) is 0 Å². The maximum absolute atomic E-state index is 12.6. The van der Waals surface area contributed by atoms with Crippen LogP contribution in [0.2, 0.25) is 0 Å². The van der Waals surface area contributed by atoms with Gasteiger partial charge in [-0.3, -0.25) is 4.79 Å². The highest BCUT2D eigenvalue weighted by molar-refractivity contribution is 6.10. The highest BCUT2D eigenvalue weighted by Gasteiger charge is 2.25. The molecule has 100 valence electrons. The molecular weight excluding hydrogens is 236 g/mol. The number of nitrogens with zero attached hydrogens (tertiary/aromatic N) is 1. The summed E-state index contributed by atoms with van der Waals surface area (Å²) in [7, 11) is 2.01. The van der Waals surface area contributed by atoms with E-state index in [9.17, 15) is 4.79 Å². The predicted octanol–water partition coefficient (Wildman–Crippen LogP) is 2.73. The zero-order valence-electron chi connectivity index (χ0n) is 11.8. The first-order chi connectivity index (χ1) is 9.08. The molecule has 1 fully saturated rings. The first-order valence-electron chi connectivity index (χ1n) is 6.92. The lowest BCUT2D eigenvalue weighted by Crippen LogP contribution is -2.30. The van der Waals surface area contributed by atoms with Crippen LogP contribution in [0.15, 0.2) is 18.3 Å². The molecular formula is C16H20N2O. The molecule has 1 aliphatic rings. The van der Waals surface area contributed by atoms with Crippen LogP contribution in [0, 0.1) is 13.8 Å². The Morgan fingerprint density at radius 1 is 1.32 bits per heavy atom. The number of Topliss-reactive ketones (excluding diaryl/α,β-unsaturated/α-hetero) is 1. The topological polar surface area (TPSA) is 34.0 Å². The average molecular weight is 256 g/mol. The zero-order valence-corrected chi connectivity index (χ0v) is 11.8. The van der Waals surface area contributed by atoms with Crippen molar-refractivity contribution in [2.45, 2.75) is 32.7 Å². The summed E-state index contributed by atoms with van der Waals surface area (Å²) in [6.07, 6.45) is 4.03. The van der Waals surface area contributed by atoms with Crippen LogP contribution in [0.5, 0.6) is 0 Å².